The third-order valence-corrected chi connectivity index (χ3v) is 8.68. The Bertz CT molecular complexity index is 1780. The molecule has 4 aliphatic rings. The monoisotopic (exact) mass is 513 g/mol. The van der Waals surface area contributed by atoms with Crippen LogP contribution in [0.15, 0.2) is 145 Å². The molecular weight excluding hydrogens is 484 g/mol. The molecule has 4 aromatic rings. The van der Waals surface area contributed by atoms with Crippen molar-refractivity contribution in [2.75, 3.05) is 4.90 Å². The van der Waals surface area contributed by atoms with E-state index in [-0.39, 0.29) is 0 Å². The fourth-order valence-electron chi connectivity index (χ4n) is 6.93. The Balaban J connectivity index is 1.23. The molecule has 0 amide bonds. The molecule has 1 aromatic heterocycles. The number of rotatable bonds is 3. The molecule has 8 rings (SSSR count). The molecule has 3 heterocycles. The zero-order chi connectivity index (χ0) is 26.5. The molecule has 0 spiro atoms. The summed E-state index contributed by atoms with van der Waals surface area (Å²) >= 11 is 0. The van der Waals surface area contributed by atoms with Crippen molar-refractivity contribution in [2.24, 2.45) is 0 Å². The maximum absolute atomic E-state index is 3.86. The van der Waals surface area contributed by atoms with Gasteiger partial charge in [-0.15, -0.1) is 0 Å². The van der Waals surface area contributed by atoms with Crippen molar-refractivity contribution in [1.29, 1.82) is 0 Å². The first-order chi connectivity index (χ1) is 19.8. The van der Waals surface area contributed by atoms with E-state index in [4.69, 9.17) is 0 Å². The second kappa shape index (κ2) is 9.11. The summed E-state index contributed by atoms with van der Waals surface area (Å²) in [6.45, 7) is 0. The predicted octanol–water partition coefficient (Wildman–Crippen LogP) is 7.73. The number of benzene rings is 3. The van der Waals surface area contributed by atoms with Gasteiger partial charge in [0.05, 0.1) is 28.3 Å². The highest BCUT2D eigenvalue weighted by Gasteiger charge is 2.58. The third-order valence-electron chi connectivity index (χ3n) is 8.68. The molecule has 2 aliphatic carbocycles. The van der Waals surface area contributed by atoms with Gasteiger partial charge in [0.1, 0.15) is 0 Å². The van der Waals surface area contributed by atoms with Gasteiger partial charge in [-0.3, -0.25) is 0 Å². The first-order valence-electron chi connectivity index (χ1n) is 14.2. The lowest BCUT2D eigenvalue weighted by atomic mass is 9.82. The summed E-state index contributed by atoms with van der Waals surface area (Å²) in [4.78, 5) is 2.50. The number of hydrogen-bond acceptors (Lipinski definition) is 1. The second-order valence-corrected chi connectivity index (χ2v) is 10.9. The molecule has 3 aromatic carbocycles. The number of pyridine rings is 1. The minimum Gasteiger partial charge on any atom is -0.338 e. The van der Waals surface area contributed by atoms with Crippen molar-refractivity contribution >= 4 is 5.69 Å². The van der Waals surface area contributed by atoms with Crippen molar-refractivity contribution in [3.05, 3.63) is 156 Å². The Hall–Kier alpha value is -4.87. The fraction of sp³-hybridized carbons (Fsp3) is 0.132. The molecule has 40 heavy (non-hydrogen) atoms. The van der Waals surface area contributed by atoms with E-state index in [1.54, 1.807) is 0 Å². The lowest BCUT2D eigenvalue weighted by molar-refractivity contribution is -0.697. The summed E-state index contributed by atoms with van der Waals surface area (Å²) in [6.07, 6.45) is 16.4. The lowest BCUT2D eigenvalue weighted by Gasteiger charge is -2.35. The maximum Gasteiger partial charge on any atom is 0.282 e. The lowest BCUT2D eigenvalue weighted by Crippen LogP contribution is -2.52. The first-order valence-corrected chi connectivity index (χ1v) is 14.2. The molecule has 0 N–H and O–H groups in total. The van der Waals surface area contributed by atoms with Gasteiger partial charge in [0.15, 0.2) is 0 Å². The van der Waals surface area contributed by atoms with Gasteiger partial charge in [-0.1, -0.05) is 72.7 Å². The summed E-state index contributed by atoms with van der Waals surface area (Å²) in [6, 6.07) is 35.3. The van der Waals surface area contributed by atoms with Crippen molar-refractivity contribution < 1.29 is 4.57 Å². The van der Waals surface area contributed by atoms with Gasteiger partial charge in [0.2, 0.25) is 11.4 Å². The SMILES string of the molecule is C(#CC12c3ccccc3-c3cccc([n+]31)-c1ccccc12)C1=CC=C(N(c2ccccc2)C2C=CC=CC2)CC1. The number of fused-ring (bicyclic) bond motifs is 6. The topological polar surface area (TPSA) is 7.12 Å². The molecular formula is C38H29N2+. The van der Waals surface area contributed by atoms with Crippen LogP contribution >= 0.6 is 0 Å². The molecule has 0 fully saturated rings. The Labute approximate surface area is 235 Å². The molecule has 0 saturated heterocycles. The van der Waals surface area contributed by atoms with E-state index >= 15 is 0 Å². The smallest absolute Gasteiger partial charge is 0.282 e. The zero-order valence-corrected chi connectivity index (χ0v) is 22.3. The summed E-state index contributed by atoms with van der Waals surface area (Å²) in [7, 11) is 0. The van der Waals surface area contributed by atoms with Crippen LogP contribution in [0.5, 0.6) is 0 Å². The Morgan fingerprint density at radius 1 is 0.700 bits per heavy atom. The Kier molecular flexibility index (Phi) is 5.25. The maximum atomic E-state index is 3.86. The van der Waals surface area contributed by atoms with E-state index in [0.717, 1.165) is 19.3 Å². The van der Waals surface area contributed by atoms with Crippen molar-refractivity contribution in [1.82, 2.24) is 0 Å². The van der Waals surface area contributed by atoms with Gasteiger partial charge < -0.3 is 4.90 Å². The Morgan fingerprint density at radius 2 is 1.40 bits per heavy atom. The van der Waals surface area contributed by atoms with Gasteiger partial charge in [0.25, 0.3) is 5.54 Å². The van der Waals surface area contributed by atoms with Crippen LogP contribution in [0, 0.1) is 11.8 Å². The molecule has 0 saturated carbocycles. The van der Waals surface area contributed by atoms with Crippen LogP contribution in [0.1, 0.15) is 30.4 Å². The Morgan fingerprint density at radius 3 is 2.05 bits per heavy atom. The predicted molar refractivity (Wildman–Crippen MR) is 162 cm³/mol. The normalized spacial score (nSPS) is 18.6. The van der Waals surface area contributed by atoms with E-state index < -0.39 is 5.54 Å². The van der Waals surface area contributed by atoms with E-state index in [0.29, 0.717) is 6.04 Å². The van der Waals surface area contributed by atoms with Crippen LogP contribution in [-0.4, -0.2) is 6.04 Å². The quantitative estimate of drug-likeness (QED) is 0.201. The van der Waals surface area contributed by atoms with Gasteiger partial charge in [0, 0.05) is 29.1 Å². The molecule has 190 valence electrons. The van der Waals surface area contributed by atoms with Gasteiger partial charge >= 0.3 is 0 Å². The molecule has 0 radical (unpaired) electrons. The van der Waals surface area contributed by atoms with E-state index in [2.05, 4.69) is 155 Å². The first kappa shape index (κ1) is 23.1. The number of para-hydroxylation sites is 1. The van der Waals surface area contributed by atoms with Crippen LogP contribution in [0.25, 0.3) is 22.5 Å². The largest absolute Gasteiger partial charge is 0.338 e. The highest BCUT2D eigenvalue weighted by atomic mass is 15.2. The number of allylic oxidation sites excluding steroid dienone is 6. The summed E-state index contributed by atoms with van der Waals surface area (Å²) in [5.41, 5.74) is 10.9. The standard InChI is InChI=1S/C38H29N2/c1-3-12-29(13-4-1)39(30-14-5-2-6-15-30)31-24-22-28(23-25-31)26-27-38-34-18-9-7-16-32(34)36-20-11-21-37(40(36)38)33-17-8-10-19-35(33)38/h1-14,16-22,24,30H,15,23,25H2/q+1. The zero-order valence-electron chi connectivity index (χ0n) is 22.3. The summed E-state index contributed by atoms with van der Waals surface area (Å²) in [5.74, 6) is 7.55. The number of nitrogens with zero attached hydrogens (tertiary/aromatic N) is 2. The summed E-state index contributed by atoms with van der Waals surface area (Å²) in [5, 5.41) is 0. The molecule has 2 nitrogen and oxygen atoms in total. The molecule has 0 bridgehead atoms. The molecule has 1 unspecified atom stereocenters. The average Bonchev–Trinajstić information content (AvgIpc) is 3.49. The number of anilines is 1. The number of hydrogen-bond donors (Lipinski definition) is 0. The van der Waals surface area contributed by atoms with Crippen LogP contribution < -0.4 is 9.47 Å². The van der Waals surface area contributed by atoms with Gasteiger partial charge in [-0.25, -0.2) is 0 Å². The van der Waals surface area contributed by atoms with E-state index in [1.807, 2.05) is 0 Å². The van der Waals surface area contributed by atoms with E-state index in [1.165, 1.54) is 50.6 Å². The molecule has 2 heteroatoms. The third kappa shape index (κ3) is 3.34. The van der Waals surface area contributed by atoms with Gasteiger partial charge in [-0.05, 0) is 79.8 Å². The van der Waals surface area contributed by atoms with Crippen LogP contribution in [0.3, 0.4) is 0 Å². The van der Waals surface area contributed by atoms with E-state index in [9.17, 15) is 0 Å². The minimum atomic E-state index is -0.501. The van der Waals surface area contributed by atoms with Crippen molar-refractivity contribution in [3.8, 4) is 34.4 Å². The highest BCUT2D eigenvalue weighted by molar-refractivity contribution is 5.79. The van der Waals surface area contributed by atoms with Crippen molar-refractivity contribution in [2.45, 2.75) is 30.8 Å². The minimum absolute atomic E-state index is 0.329. The highest BCUT2D eigenvalue weighted by Crippen LogP contribution is 2.49. The average molecular weight is 514 g/mol. The number of aromatic nitrogens is 1. The van der Waals surface area contributed by atoms with Gasteiger partial charge in [-0.2, -0.15) is 4.57 Å². The summed E-state index contributed by atoms with van der Waals surface area (Å²) < 4.78 is 2.47. The van der Waals surface area contributed by atoms with Crippen LogP contribution in [0.4, 0.5) is 5.69 Å². The van der Waals surface area contributed by atoms with Crippen LogP contribution in [-0.2, 0) is 5.54 Å². The molecule has 2 aliphatic heterocycles. The second-order valence-electron chi connectivity index (χ2n) is 10.9. The van der Waals surface area contributed by atoms with Crippen LogP contribution in [0.2, 0.25) is 0 Å². The fourth-order valence-corrected chi connectivity index (χ4v) is 6.93. The van der Waals surface area contributed by atoms with Crippen molar-refractivity contribution in [3.63, 3.8) is 0 Å². The molecule has 1 atom stereocenters.